The zero-order valence-electron chi connectivity index (χ0n) is 15.6. The first kappa shape index (κ1) is 18.5. The Kier molecular flexibility index (Phi) is 5.30. The van der Waals surface area contributed by atoms with Crippen molar-refractivity contribution in [3.8, 4) is 0 Å². The monoisotopic (exact) mass is 391 g/mol. The van der Waals surface area contributed by atoms with Crippen LogP contribution in [0.3, 0.4) is 0 Å². The fraction of sp³-hybridized carbons (Fsp3) is 0.227. The second-order valence-corrected chi connectivity index (χ2v) is 7.92. The molecule has 0 aromatic heterocycles. The van der Waals surface area contributed by atoms with E-state index in [1.807, 2.05) is 18.2 Å². The Bertz CT molecular complexity index is 977. The first-order valence-electron chi connectivity index (χ1n) is 9.35. The van der Waals surface area contributed by atoms with Crippen LogP contribution in [0.4, 0.5) is 5.69 Å². The number of aliphatic imine (C=N–C) groups is 1. The van der Waals surface area contributed by atoms with Gasteiger partial charge in [0.05, 0.1) is 4.91 Å². The number of rotatable bonds is 3. The SMILES string of the molecule is Cc1cc(N2CCCC2)ccc1/C=C1\SC(=NC(=O)c2ccccc2)NC1=O. The molecule has 2 amide bonds. The van der Waals surface area contributed by atoms with Gasteiger partial charge in [0.1, 0.15) is 0 Å². The highest BCUT2D eigenvalue weighted by Gasteiger charge is 2.25. The van der Waals surface area contributed by atoms with Crippen LogP contribution in [0.15, 0.2) is 58.4 Å². The molecule has 2 aromatic carbocycles. The van der Waals surface area contributed by atoms with Gasteiger partial charge >= 0.3 is 0 Å². The maximum absolute atomic E-state index is 12.3. The van der Waals surface area contributed by atoms with Crippen molar-refractivity contribution in [1.82, 2.24) is 5.32 Å². The Balaban J connectivity index is 1.51. The summed E-state index contributed by atoms with van der Waals surface area (Å²) in [6.45, 7) is 4.26. The number of carbonyl (C=O) groups excluding carboxylic acids is 2. The van der Waals surface area contributed by atoms with Gasteiger partial charge in [-0.25, -0.2) is 0 Å². The Labute approximate surface area is 168 Å². The topological polar surface area (TPSA) is 61.8 Å². The van der Waals surface area contributed by atoms with Crippen LogP contribution in [0, 0.1) is 6.92 Å². The molecule has 1 N–H and O–H groups in total. The third kappa shape index (κ3) is 4.02. The molecular formula is C22H21N3O2S. The Hall–Kier alpha value is -2.86. The second kappa shape index (κ2) is 8.02. The van der Waals surface area contributed by atoms with E-state index >= 15 is 0 Å². The van der Waals surface area contributed by atoms with Gasteiger partial charge in [-0.15, -0.1) is 0 Å². The maximum Gasteiger partial charge on any atom is 0.279 e. The molecule has 2 aliphatic heterocycles. The minimum Gasteiger partial charge on any atom is -0.372 e. The number of aryl methyl sites for hydroxylation is 1. The van der Waals surface area contributed by atoms with Crippen molar-refractivity contribution in [1.29, 1.82) is 0 Å². The van der Waals surface area contributed by atoms with Gasteiger partial charge < -0.3 is 10.2 Å². The van der Waals surface area contributed by atoms with E-state index in [2.05, 4.69) is 34.3 Å². The molecule has 5 nitrogen and oxygen atoms in total. The standard InChI is InChI=1S/C22H21N3O2S/c1-15-13-18(25-11-5-6-12-25)10-9-17(15)14-19-21(27)24-22(28-19)23-20(26)16-7-3-2-4-8-16/h2-4,7-10,13-14H,5-6,11-12H2,1H3,(H,23,24,26,27)/b19-14-. The van der Waals surface area contributed by atoms with Gasteiger partial charge in [-0.1, -0.05) is 24.3 Å². The molecule has 0 aliphatic carbocycles. The van der Waals surface area contributed by atoms with Crippen LogP contribution >= 0.6 is 11.8 Å². The molecule has 2 fully saturated rings. The summed E-state index contributed by atoms with van der Waals surface area (Å²) in [6, 6.07) is 15.1. The molecule has 6 heteroatoms. The van der Waals surface area contributed by atoms with Crippen molar-refractivity contribution >= 4 is 40.5 Å². The fourth-order valence-electron chi connectivity index (χ4n) is 3.35. The number of carbonyl (C=O) groups is 2. The normalized spacial score (nSPS) is 19.5. The van der Waals surface area contributed by atoms with Gasteiger partial charge in [0.2, 0.25) is 0 Å². The lowest BCUT2D eigenvalue weighted by molar-refractivity contribution is -0.115. The number of hydrogen-bond acceptors (Lipinski definition) is 4. The van der Waals surface area contributed by atoms with Crippen molar-refractivity contribution in [3.63, 3.8) is 0 Å². The van der Waals surface area contributed by atoms with E-state index in [0.717, 1.165) is 24.2 Å². The summed E-state index contributed by atoms with van der Waals surface area (Å²) in [5.74, 6) is -0.594. The molecule has 2 aliphatic rings. The molecule has 2 heterocycles. The highest BCUT2D eigenvalue weighted by molar-refractivity contribution is 8.18. The summed E-state index contributed by atoms with van der Waals surface area (Å²) in [4.78, 5) is 31.5. The summed E-state index contributed by atoms with van der Waals surface area (Å²) in [5, 5.41) is 2.99. The van der Waals surface area contributed by atoms with Gasteiger partial charge in [0.25, 0.3) is 11.8 Å². The van der Waals surface area contributed by atoms with Crippen LogP contribution in [0.1, 0.15) is 34.3 Å². The van der Waals surface area contributed by atoms with E-state index in [9.17, 15) is 9.59 Å². The van der Waals surface area contributed by atoms with Crippen molar-refractivity contribution in [2.75, 3.05) is 18.0 Å². The van der Waals surface area contributed by atoms with Gasteiger partial charge in [-0.3, -0.25) is 9.59 Å². The molecule has 28 heavy (non-hydrogen) atoms. The van der Waals surface area contributed by atoms with Crippen molar-refractivity contribution in [3.05, 3.63) is 70.1 Å². The quantitative estimate of drug-likeness (QED) is 0.804. The fourth-order valence-corrected chi connectivity index (χ4v) is 4.16. The summed E-state index contributed by atoms with van der Waals surface area (Å²) >= 11 is 1.19. The second-order valence-electron chi connectivity index (χ2n) is 6.89. The third-order valence-corrected chi connectivity index (χ3v) is 5.80. The number of nitrogens with zero attached hydrogens (tertiary/aromatic N) is 2. The van der Waals surface area contributed by atoms with E-state index in [1.54, 1.807) is 24.3 Å². The molecule has 2 aromatic rings. The Morgan fingerprint density at radius 3 is 2.61 bits per heavy atom. The number of amides is 2. The average Bonchev–Trinajstić information content (AvgIpc) is 3.34. The number of hydrogen-bond donors (Lipinski definition) is 1. The lowest BCUT2D eigenvalue weighted by Gasteiger charge is -2.18. The largest absolute Gasteiger partial charge is 0.372 e. The molecule has 0 atom stereocenters. The minimum atomic E-state index is -0.365. The molecule has 2 saturated heterocycles. The Morgan fingerprint density at radius 2 is 1.89 bits per heavy atom. The first-order chi connectivity index (χ1) is 13.6. The molecule has 0 saturated carbocycles. The van der Waals surface area contributed by atoms with E-state index < -0.39 is 0 Å². The van der Waals surface area contributed by atoms with Crippen molar-refractivity contribution in [2.45, 2.75) is 19.8 Å². The van der Waals surface area contributed by atoms with Crippen molar-refractivity contribution in [2.24, 2.45) is 4.99 Å². The van der Waals surface area contributed by atoms with Gasteiger partial charge in [0.15, 0.2) is 5.17 Å². The van der Waals surface area contributed by atoms with Crippen LogP contribution in [0.2, 0.25) is 0 Å². The summed E-state index contributed by atoms with van der Waals surface area (Å²) in [5.41, 5.74) is 3.85. The zero-order valence-corrected chi connectivity index (χ0v) is 16.5. The highest BCUT2D eigenvalue weighted by Crippen LogP contribution is 2.29. The molecule has 0 spiro atoms. The number of nitrogens with one attached hydrogen (secondary N) is 1. The van der Waals surface area contributed by atoms with E-state index in [1.165, 1.54) is 30.3 Å². The third-order valence-electron chi connectivity index (χ3n) is 4.89. The van der Waals surface area contributed by atoms with Gasteiger partial charge in [-0.2, -0.15) is 4.99 Å². The lowest BCUT2D eigenvalue weighted by atomic mass is 10.1. The zero-order chi connectivity index (χ0) is 19.5. The molecular weight excluding hydrogens is 370 g/mol. The maximum atomic E-state index is 12.3. The minimum absolute atomic E-state index is 0.229. The van der Waals surface area contributed by atoms with Crippen molar-refractivity contribution < 1.29 is 9.59 Å². The van der Waals surface area contributed by atoms with Crippen LogP contribution in [-0.2, 0) is 4.79 Å². The molecule has 0 unspecified atom stereocenters. The number of benzene rings is 2. The van der Waals surface area contributed by atoms with E-state index in [4.69, 9.17) is 0 Å². The summed E-state index contributed by atoms with van der Waals surface area (Å²) in [7, 11) is 0. The lowest BCUT2D eigenvalue weighted by Crippen LogP contribution is -2.20. The predicted molar refractivity (Wildman–Crippen MR) is 115 cm³/mol. The molecule has 4 rings (SSSR count). The molecule has 0 radical (unpaired) electrons. The molecule has 0 bridgehead atoms. The number of amidine groups is 1. The van der Waals surface area contributed by atoms with E-state index in [0.29, 0.717) is 15.6 Å². The van der Waals surface area contributed by atoms with Crippen LogP contribution in [-0.4, -0.2) is 30.1 Å². The highest BCUT2D eigenvalue weighted by atomic mass is 32.2. The Morgan fingerprint density at radius 1 is 1.14 bits per heavy atom. The molecule has 142 valence electrons. The van der Waals surface area contributed by atoms with Gasteiger partial charge in [-0.05, 0) is 73.0 Å². The summed E-state index contributed by atoms with van der Waals surface area (Å²) < 4.78 is 0. The smallest absolute Gasteiger partial charge is 0.279 e. The number of thioether (sulfide) groups is 1. The van der Waals surface area contributed by atoms with Crippen LogP contribution < -0.4 is 10.2 Å². The van der Waals surface area contributed by atoms with Crippen LogP contribution in [0.25, 0.3) is 6.08 Å². The summed E-state index contributed by atoms with van der Waals surface area (Å²) in [6.07, 6.45) is 4.34. The average molecular weight is 391 g/mol. The first-order valence-corrected chi connectivity index (χ1v) is 10.2. The van der Waals surface area contributed by atoms with Crippen LogP contribution in [0.5, 0.6) is 0 Å². The van der Waals surface area contributed by atoms with E-state index in [-0.39, 0.29) is 11.8 Å². The van der Waals surface area contributed by atoms with Gasteiger partial charge in [0, 0.05) is 24.3 Å². The number of anilines is 1. The predicted octanol–water partition coefficient (Wildman–Crippen LogP) is 4.00.